The summed E-state index contributed by atoms with van der Waals surface area (Å²) in [5.41, 5.74) is 3.57. The number of nitrogens with zero attached hydrogens (tertiary/aromatic N) is 2. The van der Waals surface area contributed by atoms with Gasteiger partial charge in [-0.2, -0.15) is 0 Å². The predicted molar refractivity (Wildman–Crippen MR) is 85.7 cm³/mol. The molecule has 112 valence electrons. The number of aromatic nitrogens is 2. The molecule has 0 saturated heterocycles. The lowest BCUT2D eigenvalue weighted by Crippen LogP contribution is -2.19. The number of methoxy groups -OCH3 is 1. The van der Waals surface area contributed by atoms with Crippen LogP contribution < -0.4 is 5.32 Å². The zero-order valence-electron chi connectivity index (χ0n) is 12.7. The molecule has 0 aliphatic rings. The Balaban J connectivity index is 1.98. The normalized spacial score (nSPS) is 10.8. The second-order valence-corrected chi connectivity index (χ2v) is 5.88. The van der Waals surface area contributed by atoms with Crippen LogP contribution in [0.15, 0.2) is 40.5 Å². The van der Waals surface area contributed by atoms with Crippen molar-refractivity contribution in [2.24, 2.45) is 0 Å². The lowest BCUT2D eigenvalue weighted by Gasteiger charge is -2.09. The van der Waals surface area contributed by atoms with Gasteiger partial charge in [0.15, 0.2) is 5.16 Å². The van der Waals surface area contributed by atoms with Crippen molar-refractivity contribution < 1.29 is 4.74 Å². The van der Waals surface area contributed by atoms with E-state index in [1.54, 1.807) is 25.1 Å². The van der Waals surface area contributed by atoms with E-state index in [0.717, 1.165) is 30.5 Å². The molecule has 4 nitrogen and oxygen atoms in total. The maximum atomic E-state index is 5.03. The van der Waals surface area contributed by atoms with Crippen LogP contribution in [-0.2, 0) is 11.3 Å². The summed E-state index contributed by atoms with van der Waals surface area (Å²) in [5.74, 6) is 0. The molecule has 0 bridgehead atoms. The summed E-state index contributed by atoms with van der Waals surface area (Å²) in [6.07, 6.45) is 1.80. The van der Waals surface area contributed by atoms with Gasteiger partial charge >= 0.3 is 0 Å². The molecule has 0 spiro atoms. The van der Waals surface area contributed by atoms with Gasteiger partial charge in [-0.15, -0.1) is 0 Å². The molecule has 2 rings (SSSR count). The molecular formula is C16H21N3OS. The number of rotatable bonds is 7. The average molecular weight is 303 g/mol. The van der Waals surface area contributed by atoms with Gasteiger partial charge < -0.3 is 10.1 Å². The maximum Gasteiger partial charge on any atom is 0.192 e. The molecular weight excluding hydrogens is 282 g/mol. The quantitative estimate of drug-likeness (QED) is 0.629. The molecule has 0 fully saturated rings. The summed E-state index contributed by atoms with van der Waals surface area (Å²) < 4.78 is 5.03. The molecule has 21 heavy (non-hydrogen) atoms. The minimum absolute atomic E-state index is 0.734. The molecule has 5 heteroatoms. The van der Waals surface area contributed by atoms with Crippen LogP contribution in [-0.4, -0.2) is 30.2 Å². The summed E-state index contributed by atoms with van der Waals surface area (Å²) in [7, 11) is 1.71. The number of hydrogen-bond donors (Lipinski definition) is 1. The Bertz CT molecular complexity index is 589. The summed E-state index contributed by atoms with van der Waals surface area (Å²) in [6, 6.07) is 8.37. The van der Waals surface area contributed by atoms with Gasteiger partial charge in [0.05, 0.1) is 6.61 Å². The first kappa shape index (κ1) is 15.9. The fraction of sp³-hybridized carbons (Fsp3) is 0.375. The number of hydrogen-bond acceptors (Lipinski definition) is 5. The fourth-order valence-corrected chi connectivity index (χ4v) is 2.79. The number of ether oxygens (including phenoxy) is 1. The van der Waals surface area contributed by atoms with E-state index in [2.05, 4.69) is 40.4 Å². The minimum atomic E-state index is 0.734. The second kappa shape index (κ2) is 8.12. The molecule has 1 heterocycles. The van der Waals surface area contributed by atoms with Crippen LogP contribution in [0.4, 0.5) is 0 Å². The van der Waals surface area contributed by atoms with Crippen molar-refractivity contribution in [1.82, 2.24) is 15.3 Å². The van der Waals surface area contributed by atoms with Crippen molar-refractivity contribution in [1.29, 1.82) is 0 Å². The van der Waals surface area contributed by atoms with E-state index in [4.69, 9.17) is 4.74 Å². The highest BCUT2D eigenvalue weighted by Gasteiger charge is 2.04. The Morgan fingerprint density at radius 3 is 2.81 bits per heavy atom. The molecule has 0 aliphatic heterocycles. The predicted octanol–water partition coefficient (Wildman–Crippen LogP) is 2.98. The lowest BCUT2D eigenvalue weighted by molar-refractivity contribution is 0.199. The molecule has 0 aliphatic carbocycles. The highest BCUT2D eigenvalue weighted by atomic mass is 32.2. The van der Waals surface area contributed by atoms with E-state index in [1.165, 1.54) is 16.0 Å². The molecule has 0 radical (unpaired) electrons. The van der Waals surface area contributed by atoms with E-state index in [9.17, 15) is 0 Å². The van der Waals surface area contributed by atoms with Crippen LogP contribution in [0.1, 0.15) is 16.8 Å². The largest absolute Gasteiger partial charge is 0.383 e. The van der Waals surface area contributed by atoms with Gasteiger partial charge in [0.25, 0.3) is 0 Å². The van der Waals surface area contributed by atoms with Crippen LogP contribution in [0.5, 0.6) is 0 Å². The monoisotopic (exact) mass is 303 g/mol. The van der Waals surface area contributed by atoms with Crippen LogP contribution in [0.25, 0.3) is 0 Å². The molecule has 1 aromatic heterocycles. The SMILES string of the molecule is COCCNCc1ccc(Sc2nccc(C)n2)cc1C. The van der Waals surface area contributed by atoms with E-state index >= 15 is 0 Å². The first-order valence-electron chi connectivity index (χ1n) is 6.95. The standard InChI is InChI=1S/C16H21N3OS/c1-12-10-15(21-16-18-7-6-13(2)19-16)5-4-14(12)11-17-8-9-20-3/h4-7,10,17H,8-9,11H2,1-3H3. The number of benzene rings is 1. The summed E-state index contributed by atoms with van der Waals surface area (Å²) >= 11 is 1.59. The third kappa shape index (κ3) is 5.12. The van der Waals surface area contributed by atoms with Gasteiger partial charge in [0, 0.05) is 37.0 Å². The Kier molecular flexibility index (Phi) is 6.17. The van der Waals surface area contributed by atoms with Crippen molar-refractivity contribution in [3.63, 3.8) is 0 Å². The van der Waals surface area contributed by atoms with Gasteiger partial charge in [-0.3, -0.25) is 0 Å². The third-order valence-electron chi connectivity index (χ3n) is 3.09. The Hall–Kier alpha value is -1.43. The Labute approximate surface area is 130 Å². The van der Waals surface area contributed by atoms with Gasteiger partial charge in [0.2, 0.25) is 0 Å². The van der Waals surface area contributed by atoms with Crippen LogP contribution in [0.2, 0.25) is 0 Å². The summed E-state index contributed by atoms with van der Waals surface area (Å²) in [6.45, 7) is 6.57. The van der Waals surface area contributed by atoms with E-state index in [0.29, 0.717) is 0 Å². The van der Waals surface area contributed by atoms with Crippen molar-refractivity contribution >= 4 is 11.8 Å². The number of nitrogens with one attached hydrogen (secondary N) is 1. The van der Waals surface area contributed by atoms with Crippen LogP contribution >= 0.6 is 11.8 Å². The van der Waals surface area contributed by atoms with Crippen LogP contribution in [0, 0.1) is 13.8 Å². The molecule has 2 aromatic rings. The highest BCUT2D eigenvalue weighted by molar-refractivity contribution is 7.99. The van der Waals surface area contributed by atoms with E-state index in [-0.39, 0.29) is 0 Å². The molecule has 0 amide bonds. The highest BCUT2D eigenvalue weighted by Crippen LogP contribution is 2.26. The number of aryl methyl sites for hydroxylation is 2. The first-order valence-corrected chi connectivity index (χ1v) is 7.77. The lowest BCUT2D eigenvalue weighted by atomic mass is 10.1. The molecule has 1 N–H and O–H groups in total. The smallest absolute Gasteiger partial charge is 0.192 e. The van der Waals surface area contributed by atoms with Crippen molar-refractivity contribution in [2.75, 3.05) is 20.3 Å². The molecule has 0 atom stereocenters. The summed E-state index contributed by atoms with van der Waals surface area (Å²) in [5, 5.41) is 4.16. The Morgan fingerprint density at radius 2 is 2.10 bits per heavy atom. The maximum absolute atomic E-state index is 5.03. The van der Waals surface area contributed by atoms with Crippen molar-refractivity contribution in [3.8, 4) is 0 Å². The average Bonchev–Trinajstić information content (AvgIpc) is 2.45. The van der Waals surface area contributed by atoms with Gasteiger partial charge in [-0.1, -0.05) is 6.07 Å². The second-order valence-electron chi connectivity index (χ2n) is 4.84. The fourth-order valence-electron chi connectivity index (χ4n) is 1.91. The third-order valence-corrected chi connectivity index (χ3v) is 3.96. The van der Waals surface area contributed by atoms with E-state index in [1.807, 2.05) is 13.0 Å². The zero-order chi connectivity index (χ0) is 15.1. The zero-order valence-corrected chi connectivity index (χ0v) is 13.5. The molecule has 0 unspecified atom stereocenters. The Morgan fingerprint density at radius 1 is 1.24 bits per heavy atom. The van der Waals surface area contributed by atoms with Crippen molar-refractivity contribution in [3.05, 3.63) is 47.3 Å². The molecule has 1 aromatic carbocycles. The van der Waals surface area contributed by atoms with Gasteiger partial charge in [0.1, 0.15) is 0 Å². The minimum Gasteiger partial charge on any atom is -0.383 e. The molecule has 0 saturated carbocycles. The van der Waals surface area contributed by atoms with Gasteiger partial charge in [-0.25, -0.2) is 9.97 Å². The summed E-state index contributed by atoms with van der Waals surface area (Å²) in [4.78, 5) is 9.86. The van der Waals surface area contributed by atoms with E-state index < -0.39 is 0 Å². The van der Waals surface area contributed by atoms with Crippen molar-refractivity contribution in [2.45, 2.75) is 30.4 Å². The van der Waals surface area contributed by atoms with Gasteiger partial charge in [-0.05, 0) is 54.9 Å². The first-order chi connectivity index (χ1) is 10.2. The topological polar surface area (TPSA) is 47.0 Å². The van der Waals surface area contributed by atoms with Crippen LogP contribution in [0.3, 0.4) is 0 Å².